The summed E-state index contributed by atoms with van der Waals surface area (Å²) in [6, 6.07) is 0. The lowest BCUT2D eigenvalue weighted by atomic mass is 10.2. The van der Waals surface area contributed by atoms with E-state index < -0.39 is 4.92 Å². The minimum absolute atomic E-state index is 0.00276. The van der Waals surface area contributed by atoms with Crippen molar-refractivity contribution >= 4 is 29.3 Å². The molecule has 0 spiro atoms. The topological polar surface area (TPSA) is 134 Å². The zero-order chi connectivity index (χ0) is 17.3. The van der Waals surface area contributed by atoms with Crippen LogP contribution in [0.25, 0.3) is 0 Å². The molecule has 11 nitrogen and oxygen atoms in total. The number of piperazine rings is 2. The van der Waals surface area contributed by atoms with Crippen LogP contribution < -0.4 is 20.4 Å². The van der Waals surface area contributed by atoms with Crippen LogP contribution in [0.1, 0.15) is 5.69 Å². The van der Waals surface area contributed by atoms with Crippen LogP contribution in [0.3, 0.4) is 0 Å². The van der Waals surface area contributed by atoms with E-state index in [0.717, 1.165) is 0 Å². The number of nitrogens with zero attached hydrogens (tertiary/aromatic N) is 5. The molecule has 0 radical (unpaired) electrons. The Kier molecular flexibility index (Phi) is 4.15. The van der Waals surface area contributed by atoms with Crippen molar-refractivity contribution in [2.45, 2.75) is 6.92 Å². The van der Waals surface area contributed by atoms with Gasteiger partial charge in [-0.1, -0.05) is 0 Å². The van der Waals surface area contributed by atoms with E-state index in [1.54, 1.807) is 9.80 Å². The Labute approximate surface area is 137 Å². The third-order valence-electron chi connectivity index (χ3n) is 3.87. The minimum Gasteiger partial charge on any atom is -0.353 e. The molecule has 0 aliphatic carbocycles. The molecule has 0 saturated carbocycles. The Morgan fingerprint density at radius 1 is 1.04 bits per heavy atom. The third kappa shape index (κ3) is 3.05. The van der Waals surface area contributed by atoms with E-state index in [0.29, 0.717) is 26.2 Å². The maximum atomic E-state index is 11.6. The standard InChI is InChI=1S/C13H17N7O4/c1-8-11(20(23)24)12(18-4-2-14-9(21)6-18)17-13(16-8)19-5-3-15-10(22)7-19/h2-7H2,1H3,(H,14,21)(H,15,22). The molecule has 0 aromatic carbocycles. The average Bonchev–Trinajstić information content (AvgIpc) is 2.53. The Bertz CT molecular complexity index is 708. The molecule has 0 unspecified atom stereocenters. The van der Waals surface area contributed by atoms with Gasteiger partial charge in [0.05, 0.1) is 18.0 Å². The first-order valence-electron chi connectivity index (χ1n) is 7.52. The first-order valence-corrected chi connectivity index (χ1v) is 7.52. The van der Waals surface area contributed by atoms with E-state index in [4.69, 9.17) is 0 Å². The highest BCUT2D eigenvalue weighted by Gasteiger charge is 2.31. The highest BCUT2D eigenvalue weighted by molar-refractivity contribution is 5.84. The smallest absolute Gasteiger partial charge is 0.332 e. The lowest BCUT2D eigenvalue weighted by Crippen LogP contribution is -2.49. The summed E-state index contributed by atoms with van der Waals surface area (Å²) in [7, 11) is 0. The van der Waals surface area contributed by atoms with Crippen molar-refractivity contribution in [3.63, 3.8) is 0 Å². The molecule has 3 rings (SSSR count). The van der Waals surface area contributed by atoms with E-state index in [2.05, 4.69) is 20.6 Å². The summed E-state index contributed by atoms with van der Waals surface area (Å²) >= 11 is 0. The number of amides is 2. The van der Waals surface area contributed by atoms with Gasteiger partial charge < -0.3 is 20.4 Å². The quantitative estimate of drug-likeness (QED) is 0.507. The Hall–Kier alpha value is -2.98. The molecule has 1 aromatic rings. The second-order valence-electron chi connectivity index (χ2n) is 5.58. The van der Waals surface area contributed by atoms with Crippen LogP contribution in [0.2, 0.25) is 0 Å². The van der Waals surface area contributed by atoms with Crippen LogP contribution in [0.15, 0.2) is 0 Å². The fraction of sp³-hybridized carbons (Fsp3) is 0.538. The zero-order valence-electron chi connectivity index (χ0n) is 13.1. The van der Waals surface area contributed by atoms with Gasteiger partial charge in [0.2, 0.25) is 23.6 Å². The first kappa shape index (κ1) is 15.9. The van der Waals surface area contributed by atoms with Gasteiger partial charge in [-0.25, -0.2) is 4.98 Å². The van der Waals surface area contributed by atoms with E-state index in [1.807, 2.05) is 0 Å². The number of anilines is 2. The van der Waals surface area contributed by atoms with Crippen LogP contribution in [0.5, 0.6) is 0 Å². The lowest BCUT2D eigenvalue weighted by Gasteiger charge is -2.30. The molecule has 2 aliphatic rings. The van der Waals surface area contributed by atoms with Crippen molar-refractivity contribution < 1.29 is 14.5 Å². The molecule has 2 aliphatic heterocycles. The van der Waals surface area contributed by atoms with Crippen LogP contribution in [-0.2, 0) is 9.59 Å². The van der Waals surface area contributed by atoms with Gasteiger partial charge in [-0.05, 0) is 6.92 Å². The van der Waals surface area contributed by atoms with Crippen LogP contribution in [0, 0.1) is 17.0 Å². The van der Waals surface area contributed by atoms with Crippen molar-refractivity contribution in [1.82, 2.24) is 20.6 Å². The van der Waals surface area contributed by atoms with Gasteiger partial charge >= 0.3 is 5.69 Å². The predicted octanol–water partition coefficient (Wildman–Crippen LogP) is -1.43. The molecule has 3 heterocycles. The molecule has 2 amide bonds. The maximum absolute atomic E-state index is 11.6. The Balaban J connectivity index is 2.02. The molecular weight excluding hydrogens is 318 g/mol. The number of nitrogens with one attached hydrogen (secondary N) is 2. The fourth-order valence-electron chi connectivity index (χ4n) is 2.74. The first-order chi connectivity index (χ1) is 11.5. The molecular formula is C13H17N7O4. The second kappa shape index (κ2) is 6.26. The average molecular weight is 335 g/mol. The normalized spacial score (nSPS) is 18.2. The minimum atomic E-state index is -0.538. The molecule has 1 aromatic heterocycles. The van der Waals surface area contributed by atoms with Crippen LogP contribution in [-0.4, -0.2) is 66.0 Å². The number of carbonyl (C=O) groups excluding carboxylic acids is 2. The van der Waals surface area contributed by atoms with Crippen molar-refractivity contribution in [3.05, 3.63) is 15.8 Å². The van der Waals surface area contributed by atoms with Crippen LogP contribution in [0.4, 0.5) is 17.5 Å². The van der Waals surface area contributed by atoms with Gasteiger partial charge in [0.1, 0.15) is 5.69 Å². The van der Waals surface area contributed by atoms with Gasteiger partial charge in [-0.3, -0.25) is 19.7 Å². The maximum Gasteiger partial charge on any atom is 0.332 e. The molecule has 2 saturated heterocycles. The third-order valence-corrected chi connectivity index (χ3v) is 3.87. The number of aryl methyl sites for hydroxylation is 1. The number of rotatable bonds is 3. The highest BCUT2D eigenvalue weighted by Crippen LogP contribution is 2.31. The largest absolute Gasteiger partial charge is 0.353 e. The lowest BCUT2D eigenvalue weighted by molar-refractivity contribution is -0.385. The van der Waals surface area contributed by atoms with Crippen molar-refractivity contribution in [2.24, 2.45) is 0 Å². The number of hydrogen-bond acceptors (Lipinski definition) is 8. The van der Waals surface area contributed by atoms with Gasteiger partial charge in [-0.2, -0.15) is 4.98 Å². The summed E-state index contributed by atoms with van der Waals surface area (Å²) in [6.07, 6.45) is 0. The Morgan fingerprint density at radius 2 is 1.62 bits per heavy atom. The number of carbonyl (C=O) groups is 2. The summed E-state index contributed by atoms with van der Waals surface area (Å²) in [5.41, 5.74) is -0.00752. The summed E-state index contributed by atoms with van der Waals surface area (Å²) in [4.78, 5) is 45.8. The van der Waals surface area contributed by atoms with Gasteiger partial charge in [0, 0.05) is 26.2 Å². The van der Waals surface area contributed by atoms with Gasteiger partial charge in [0.25, 0.3) is 0 Å². The molecule has 0 bridgehead atoms. The van der Waals surface area contributed by atoms with E-state index in [-0.39, 0.29) is 48.1 Å². The number of aromatic nitrogens is 2. The Morgan fingerprint density at radius 3 is 2.21 bits per heavy atom. The molecule has 0 atom stereocenters. The monoisotopic (exact) mass is 335 g/mol. The van der Waals surface area contributed by atoms with Gasteiger partial charge in [-0.15, -0.1) is 0 Å². The summed E-state index contributed by atoms with van der Waals surface area (Å²) in [5, 5.41) is 16.8. The molecule has 2 fully saturated rings. The van der Waals surface area contributed by atoms with E-state index >= 15 is 0 Å². The number of hydrogen-bond donors (Lipinski definition) is 2. The second-order valence-corrected chi connectivity index (χ2v) is 5.58. The van der Waals surface area contributed by atoms with Crippen molar-refractivity contribution in [1.29, 1.82) is 0 Å². The summed E-state index contributed by atoms with van der Waals surface area (Å²) < 4.78 is 0. The fourth-order valence-corrected chi connectivity index (χ4v) is 2.74. The summed E-state index contributed by atoms with van der Waals surface area (Å²) in [6.45, 7) is 3.40. The van der Waals surface area contributed by atoms with Crippen LogP contribution >= 0.6 is 0 Å². The molecule has 24 heavy (non-hydrogen) atoms. The van der Waals surface area contributed by atoms with E-state index in [1.165, 1.54) is 6.92 Å². The highest BCUT2D eigenvalue weighted by atomic mass is 16.6. The molecule has 11 heteroatoms. The zero-order valence-corrected chi connectivity index (χ0v) is 13.1. The van der Waals surface area contributed by atoms with E-state index in [9.17, 15) is 19.7 Å². The number of nitro groups is 1. The molecule has 128 valence electrons. The SMILES string of the molecule is Cc1nc(N2CCNC(=O)C2)nc(N2CCNC(=O)C2)c1[N+](=O)[O-]. The van der Waals surface area contributed by atoms with Crippen molar-refractivity contribution in [3.8, 4) is 0 Å². The van der Waals surface area contributed by atoms with Crippen molar-refractivity contribution in [2.75, 3.05) is 49.1 Å². The predicted molar refractivity (Wildman–Crippen MR) is 83.9 cm³/mol. The summed E-state index contributed by atoms with van der Waals surface area (Å²) in [5.74, 6) is 0.00253. The molecule has 2 N–H and O–H groups in total. The van der Waals surface area contributed by atoms with Gasteiger partial charge in [0.15, 0.2) is 0 Å².